The van der Waals surface area contributed by atoms with Gasteiger partial charge in [-0.3, -0.25) is 4.90 Å². The number of rotatable bonds is 3. The maximum absolute atomic E-state index is 9.60. The van der Waals surface area contributed by atoms with Gasteiger partial charge in [-0.05, 0) is 51.7 Å². The highest BCUT2D eigenvalue weighted by Gasteiger charge is 2.40. The summed E-state index contributed by atoms with van der Waals surface area (Å²) in [6, 6.07) is 2.65. The minimum absolute atomic E-state index is 0.134. The Morgan fingerprint density at radius 1 is 1.06 bits per heavy atom. The molecular weight excluding hydrogens is 210 g/mol. The zero-order valence-electron chi connectivity index (χ0n) is 11.1. The van der Waals surface area contributed by atoms with Gasteiger partial charge in [-0.25, -0.2) is 0 Å². The second kappa shape index (κ2) is 5.84. The third kappa shape index (κ3) is 2.81. The molecule has 2 saturated heterocycles. The molecule has 0 radical (unpaired) electrons. The Labute approximate surface area is 105 Å². The minimum atomic E-state index is -0.134. The van der Waals surface area contributed by atoms with Crippen molar-refractivity contribution in [2.45, 2.75) is 51.0 Å². The summed E-state index contributed by atoms with van der Waals surface area (Å²) in [5.74, 6) is 0. The number of nitrogens with zero attached hydrogens (tertiary/aromatic N) is 3. The standard InChI is InChI=1S/C14H25N3/c1-2-8-16-11-6-14(13-15,7-12-16)17-9-4-3-5-10-17/h2-12H2,1H3. The molecule has 3 heteroatoms. The van der Waals surface area contributed by atoms with Crippen molar-refractivity contribution in [3.8, 4) is 6.07 Å². The average molecular weight is 235 g/mol. The van der Waals surface area contributed by atoms with Crippen LogP contribution in [0.4, 0.5) is 0 Å². The van der Waals surface area contributed by atoms with Gasteiger partial charge in [-0.2, -0.15) is 5.26 Å². The molecule has 0 aromatic carbocycles. The van der Waals surface area contributed by atoms with Crippen molar-refractivity contribution in [1.82, 2.24) is 9.80 Å². The maximum atomic E-state index is 9.60. The molecule has 2 fully saturated rings. The van der Waals surface area contributed by atoms with Crippen LogP contribution in [-0.2, 0) is 0 Å². The third-order valence-corrected chi connectivity index (χ3v) is 4.39. The van der Waals surface area contributed by atoms with Crippen LogP contribution in [0.3, 0.4) is 0 Å². The number of likely N-dealkylation sites (tertiary alicyclic amines) is 2. The lowest BCUT2D eigenvalue weighted by Crippen LogP contribution is -2.56. The molecule has 0 N–H and O–H groups in total. The van der Waals surface area contributed by atoms with Crippen LogP contribution in [0.15, 0.2) is 0 Å². The fourth-order valence-corrected chi connectivity index (χ4v) is 3.28. The van der Waals surface area contributed by atoms with Crippen molar-refractivity contribution >= 4 is 0 Å². The van der Waals surface area contributed by atoms with E-state index in [0.717, 1.165) is 39.0 Å². The second-order valence-electron chi connectivity index (χ2n) is 5.53. The zero-order valence-corrected chi connectivity index (χ0v) is 11.1. The van der Waals surface area contributed by atoms with E-state index < -0.39 is 0 Å². The molecule has 0 saturated carbocycles. The molecule has 96 valence electrons. The van der Waals surface area contributed by atoms with Crippen molar-refractivity contribution in [2.24, 2.45) is 0 Å². The summed E-state index contributed by atoms with van der Waals surface area (Å²) in [4.78, 5) is 4.99. The van der Waals surface area contributed by atoms with Gasteiger partial charge in [0.2, 0.25) is 0 Å². The maximum Gasteiger partial charge on any atom is 0.111 e. The largest absolute Gasteiger partial charge is 0.303 e. The summed E-state index contributed by atoms with van der Waals surface area (Å²) < 4.78 is 0. The summed E-state index contributed by atoms with van der Waals surface area (Å²) in [6.07, 6.45) is 7.22. The highest BCUT2D eigenvalue weighted by atomic mass is 15.2. The summed E-state index contributed by atoms with van der Waals surface area (Å²) >= 11 is 0. The Morgan fingerprint density at radius 2 is 1.71 bits per heavy atom. The Balaban J connectivity index is 1.95. The first-order chi connectivity index (χ1) is 8.30. The van der Waals surface area contributed by atoms with E-state index in [4.69, 9.17) is 0 Å². The molecule has 2 aliphatic heterocycles. The first-order valence-corrected chi connectivity index (χ1v) is 7.19. The normalized spacial score (nSPS) is 26.6. The van der Waals surface area contributed by atoms with Crippen molar-refractivity contribution in [1.29, 1.82) is 5.26 Å². The molecule has 0 unspecified atom stereocenters. The van der Waals surface area contributed by atoms with Crippen molar-refractivity contribution in [3.05, 3.63) is 0 Å². The predicted octanol–water partition coefficient (Wildman–Crippen LogP) is 2.24. The number of nitriles is 1. The summed E-state index contributed by atoms with van der Waals surface area (Å²) in [7, 11) is 0. The Bertz CT molecular complexity index is 268. The van der Waals surface area contributed by atoms with Crippen LogP contribution in [0.25, 0.3) is 0 Å². The van der Waals surface area contributed by atoms with E-state index in [-0.39, 0.29) is 5.54 Å². The fourth-order valence-electron chi connectivity index (χ4n) is 3.28. The van der Waals surface area contributed by atoms with E-state index in [2.05, 4.69) is 22.8 Å². The van der Waals surface area contributed by atoms with Gasteiger partial charge in [0.1, 0.15) is 5.54 Å². The van der Waals surface area contributed by atoms with E-state index in [9.17, 15) is 5.26 Å². The summed E-state index contributed by atoms with van der Waals surface area (Å²) in [5.41, 5.74) is -0.134. The predicted molar refractivity (Wildman–Crippen MR) is 69.7 cm³/mol. The molecule has 0 spiro atoms. The van der Waals surface area contributed by atoms with Crippen LogP contribution in [0.1, 0.15) is 45.4 Å². The third-order valence-electron chi connectivity index (χ3n) is 4.39. The monoisotopic (exact) mass is 235 g/mol. The van der Waals surface area contributed by atoms with Crippen LogP contribution in [0.5, 0.6) is 0 Å². The average Bonchev–Trinajstić information content (AvgIpc) is 2.41. The van der Waals surface area contributed by atoms with Gasteiger partial charge in [-0.15, -0.1) is 0 Å². The Hall–Kier alpha value is -0.590. The van der Waals surface area contributed by atoms with Crippen LogP contribution < -0.4 is 0 Å². The van der Waals surface area contributed by atoms with Gasteiger partial charge < -0.3 is 4.90 Å². The van der Waals surface area contributed by atoms with Crippen molar-refractivity contribution < 1.29 is 0 Å². The van der Waals surface area contributed by atoms with Gasteiger partial charge in [-0.1, -0.05) is 13.3 Å². The molecule has 0 amide bonds. The summed E-state index contributed by atoms with van der Waals surface area (Å²) in [5, 5.41) is 9.60. The molecular formula is C14H25N3. The highest BCUT2D eigenvalue weighted by Crippen LogP contribution is 2.30. The zero-order chi connectivity index (χ0) is 12.1. The molecule has 0 bridgehead atoms. The molecule has 0 atom stereocenters. The van der Waals surface area contributed by atoms with Crippen LogP contribution in [0, 0.1) is 11.3 Å². The lowest BCUT2D eigenvalue weighted by Gasteiger charge is -2.45. The highest BCUT2D eigenvalue weighted by molar-refractivity contribution is 5.11. The van der Waals surface area contributed by atoms with E-state index in [1.165, 1.54) is 32.2 Å². The number of hydrogen-bond donors (Lipinski definition) is 0. The van der Waals surface area contributed by atoms with Gasteiger partial charge in [0.15, 0.2) is 0 Å². The topological polar surface area (TPSA) is 30.3 Å². The Morgan fingerprint density at radius 3 is 2.24 bits per heavy atom. The number of piperidine rings is 2. The van der Waals surface area contributed by atoms with E-state index in [1.807, 2.05) is 0 Å². The second-order valence-corrected chi connectivity index (χ2v) is 5.53. The molecule has 0 aromatic heterocycles. The lowest BCUT2D eigenvalue weighted by molar-refractivity contribution is 0.0468. The first-order valence-electron chi connectivity index (χ1n) is 7.19. The van der Waals surface area contributed by atoms with Crippen molar-refractivity contribution in [3.63, 3.8) is 0 Å². The van der Waals surface area contributed by atoms with Gasteiger partial charge in [0.05, 0.1) is 6.07 Å². The van der Waals surface area contributed by atoms with Crippen LogP contribution in [0.2, 0.25) is 0 Å². The molecule has 17 heavy (non-hydrogen) atoms. The SMILES string of the molecule is CCCN1CCC(C#N)(N2CCCCC2)CC1. The van der Waals surface area contributed by atoms with Crippen molar-refractivity contribution in [2.75, 3.05) is 32.7 Å². The lowest BCUT2D eigenvalue weighted by atomic mass is 9.85. The van der Waals surface area contributed by atoms with E-state index >= 15 is 0 Å². The van der Waals surface area contributed by atoms with Crippen LogP contribution >= 0.6 is 0 Å². The van der Waals surface area contributed by atoms with Gasteiger partial charge >= 0.3 is 0 Å². The van der Waals surface area contributed by atoms with Gasteiger partial charge in [0, 0.05) is 13.1 Å². The smallest absolute Gasteiger partial charge is 0.111 e. The van der Waals surface area contributed by atoms with Gasteiger partial charge in [0.25, 0.3) is 0 Å². The van der Waals surface area contributed by atoms with E-state index in [0.29, 0.717) is 0 Å². The van der Waals surface area contributed by atoms with Crippen LogP contribution in [-0.4, -0.2) is 48.1 Å². The summed E-state index contributed by atoms with van der Waals surface area (Å²) in [6.45, 7) is 7.93. The molecule has 0 aromatic rings. The first kappa shape index (κ1) is 12.9. The molecule has 2 heterocycles. The molecule has 0 aliphatic carbocycles. The molecule has 3 nitrogen and oxygen atoms in total. The molecule has 2 aliphatic rings. The number of hydrogen-bond acceptors (Lipinski definition) is 3. The van der Waals surface area contributed by atoms with E-state index in [1.54, 1.807) is 0 Å². The quantitative estimate of drug-likeness (QED) is 0.751. The Kier molecular flexibility index (Phi) is 4.42. The minimum Gasteiger partial charge on any atom is -0.303 e. The molecule has 2 rings (SSSR count). The fraction of sp³-hybridized carbons (Fsp3) is 0.929.